The number of benzene rings is 1. The van der Waals surface area contributed by atoms with Gasteiger partial charge < -0.3 is 5.32 Å². The molecular formula is C15H17F3N2S. The highest BCUT2D eigenvalue weighted by atomic mass is 32.1. The Morgan fingerprint density at radius 3 is 2.43 bits per heavy atom. The first-order chi connectivity index (χ1) is 9.91. The molecule has 0 aliphatic carbocycles. The number of aromatic nitrogens is 1. The third kappa shape index (κ3) is 4.04. The second kappa shape index (κ2) is 6.58. The minimum absolute atomic E-state index is 0.251. The van der Waals surface area contributed by atoms with Crippen LogP contribution in [0.1, 0.15) is 40.4 Å². The van der Waals surface area contributed by atoms with Crippen molar-refractivity contribution in [1.29, 1.82) is 0 Å². The molecule has 0 radical (unpaired) electrons. The van der Waals surface area contributed by atoms with Crippen molar-refractivity contribution in [1.82, 2.24) is 10.3 Å². The highest BCUT2D eigenvalue weighted by Crippen LogP contribution is 2.36. The zero-order chi connectivity index (χ0) is 15.5. The smallest absolute Gasteiger partial charge is 0.306 e. The molecule has 6 heteroatoms. The maximum Gasteiger partial charge on any atom is 0.443 e. The van der Waals surface area contributed by atoms with Gasteiger partial charge in [0.05, 0.1) is 6.04 Å². The second-order valence-electron chi connectivity index (χ2n) is 4.86. The summed E-state index contributed by atoms with van der Waals surface area (Å²) in [4.78, 5) is 4.10. The van der Waals surface area contributed by atoms with E-state index in [-0.39, 0.29) is 6.04 Å². The Bertz CT molecular complexity index is 575. The molecule has 0 amide bonds. The molecule has 1 aromatic heterocycles. The molecule has 0 saturated carbocycles. The summed E-state index contributed by atoms with van der Waals surface area (Å²) >= 11 is 0.699. The fourth-order valence-corrected chi connectivity index (χ4v) is 2.87. The molecule has 2 rings (SSSR count). The van der Waals surface area contributed by atoms with E-state index >= 15 is 0 Å². The molecule has 2 nitrogen and oxygen atoms in total. The van der Waals surface area contributed by atoms with E-state index in [0.717, 1.165) is 24.1 Å². The van der Waals surface area contributed by atoms with Gasteiger partial charge in [0, 0.05) is 11.1 Å². The van der Waals surface area contributed by atoms with Crippen LogP contribution in [0.3, 0.4) is 0 Å². The fourth-order valence-electron chi connectivity index (χ4n) is 1.98. The van der Waals surface area contributed by atoms with E-state index in [2.05, 4.69) is 10.3 Å². The average molecular weight is 314 g/mol. The quantitative estimate of drug-likeness (QED) is 0.875. The maximum atomic E-state index is 12.7. The molecule has 0 aliphatic rings. The van der Waals surface area contributed by atoms with Crippen LogP contribution in [0.4, 0.5) is 13.2 Å². The molecule has 21 heavy (non-hydrogen) atoms. The number of thiazole rings is 1. The number of nitrogens with zero attached hydrogens (tertiary/aromatic N) is 1. The first-order valence-electron chi connectivity index (χ1n) is 6.74. The summed E-state index contributed by atoms with van der Waals surface area (Å²) in [7, 11) is 0. The lowest BCUT2D eigenvalue weighted by molar-refractivity contribution is -0.137. The zero-order valence-electron chi connectivity index (χ0n) is 11.9. The van der Waals surface area contributed by atoms with E-state index in [9.17, 15) is 13.2 Å². The molecule has 0 fully saturated rings. The van der Waals surface area contributed by atoms with Gasteiger partial charge >= 0.3 is 6.18 Å². The van der Waals surface area contributed by atoms with Crippen LogP contribution in [-0.2, 0) is 6.18 Å². The number of hydrogen-bond acceptors (Lipinski definition) is 3. The molecule has 1 atom stereocenters. The Balaban J connectivity index is 2.31. The summed E-state index contributed by atoms with van der Waals surface area (Å²) in [5, 5.41) is 2.49. The number of alkyl halides is 3. The fraction of sp³-hybridized carbons (Fsp3) is 0.400. The van der Waals surface area contributed by atoms with Crippen molar-refractivity contribution in [2.24, 2.45) is 0 Å². The molecule has 0 bridgehead atoms. The lowest BCUT2D eigenvalue weighted by atomic mass is 10.0. The van der Waals surface area contributed by atoms with Crippen molar-refractivity contribution >= 4 is 11.3 Å². The molecule has 2 aromatic rings. The van der Waals surface area contributed by atoms with Crippen LogP contribution in [0.25, 0.3) is 0 Å². The van der Waals surface area contributed by atoms with E-state index in [1.54, 1.807) is 0 Å². The van der Waals surface area contributed by atoms with E-state index in [4.69, 9.17) is 0 Å². The summed E-state index contributed by atoms with van der Waals surface area (Å²) in [5.41, 5.74) is 2.07. The first kappa shape index (κ1) is 16.0. The number of rotatable bonds is 5. The summed E-state index contributed by atoms with van der Waals surface area (Å²) in [6.45, 7) is 4.73. The van der Waals surface area contributed by atoms with Crippen LogP contribution in [-0.4, -0.2) is 11.5 Å². The van der Waals surface area contributed by atoms with Crippen LogP contribution >= 0.6 is 11.3 Å². The zero-order valence-corrected chi connectivity index (χ0v) is 12.7. The van der Waals surface area contributed by atoms with Crippen molar-refractivity contribution in [2.45, 2.75) is 32.5 Å². The summed E-state index contributed by atoms with van der Waals surface area (Å²) < 4.78 is 38.1. The highest BCUT2D eigenvalue weighted by molar-refractivity contribution is 7.11. The maximum absolute atomic E-state index is 12.7. The van der Waals surface area contributed by atoms with Gasteiger partial charge in [-0.25, -0.2) is 4.98 Å². The van der Waals surface area contributed by atoms with Gasteiger partial charge in [0.1, 0.15) is 0 Å². The van der Waals surface area contributed by atoms with Crippen molar-refractivity contribution in [2.75, 3.05) is 6.54 Å². The number of aryl methyl sites for hydroxylation is 1. The monoisotopic (exact) mass is 314 g/mol. The molecule has 0 spiro atoms. The molecule has 1 aromatic carbocycles. The Morgan fingerprint density at radius 1 is 1.24 bits per heavy atom. The third-order valence-electron chi connectivity index (χ3n) is 3.06. The number of hydrogen-bond donors (Lipinski definition) is 1. The minimum Gasteiger partial charge on any atom is -0.306 e. The summed E-state index contributed by atoms with van der Waals surface area (Å²) in [6, 6.07) is 7.55. The predicted molar refractivity (Wildman–Crippen MR) is 78.4 cm³/mol. The average Bonchev–Trinajstić information content (AvgIpc) is 2.91. The van der Waals surface area contributed by atoms with Gasteiger partial charge in [-0.1, -0.05) is 36.8 Å². The molecule has 1 unspecified atom stereocenters. The van der Waals surface area contributed by atoms with Gasteiger partial charge in [-0.15, -0.1) is 11.3 Å². The molecule has 0 aliphatic heterocycles. The van der Waals surface area contributed by atoms with Gasteiger partial charge in [0.2, 0.25) is 0 Å². The number of nitrogens with one attached hydrogen (secondary N) is 1. The van der Waals surface area contributed by atoms with Crippen molar-refractivity contribution in [3.8, 4) is 0 Å². The van der Waals surface area contributed by atoms with E-state index < -0.39 is 11.2 Å². The molecular weight excluding hydrogens is 297 g/mol. The van der Waals surface area contributed by atoms with Gasteiger partial charge in [-0.3, -0.25) is 0 Å². The van der Waals surface area contributed by atoms with Crippen molar-refractivity contribution < 1.29 is 13.2 Å². The SMILES string of the molecule is CCCNC(c1ccc(C)cc1)c1cnc(C(F)(F)F)s1. The van der Waals surface area contributed by atoms with Gasteiger partial charge in [-0.2, -0.15) is 13.2 Å². The second-order valence-corrected chi connectivity index (χ2v) is 5.93. The standard InChI is InChI=1S/C15H17F3N2S/c1-3-8-19-13(11-6-4-10(2)5-7-11)12-9-20-14(21-12)15(16,17)18/h4-7,9,13,19H,3,8H2,1-2H3. The first-order valence-corrected chi connectivity index (χ1v) is 7.56. The third-order valence-corrected chi connectivity index (χ3v) is 4.17. The lowest BCUT2D eigenvalue weighted by Crippen LogP contribution is -2.22. The minimum atomic E-state index is -4.38. The highest BCUT2D eigenvalue weighted by Gasteiger charge is 2.35. The van der Waals surface area contributed by atoms with E-state index in [0.29, 0.717) is 16.2 Å². The van der Waals surface area contributed by atoms with Crippen molar-refractivity contribution in [3.63, 3.8) is 0 Å². The Hall–Kier alpha value is -1.40. The predicted octanol–water partition coefficient (Wildman–Crippen LogP) is 4.56. The van der Waals surface area contributed by atoms with Gasteiger partial charge in [-0.05, 0) is 25.5 Å². The molecule has 1 N–H and O–H groups in total. The topological polar surface area (TPSA) is 24.9 Å². The van der Waals surface area contributed by atoms with Gasteiger partial charge in [0.25, 0.3) is 0 Å². The van der Waals surface area contributed by atoms with Crippen LogP contribution < -0.4 is 5.32 Å². The Labute approximate surface area is 126 Å². The lowest BCUT2D eigenvalue weighted by Gasteiger charge is -2.17. The van der Waals surface area contributed by atoms with E-state index in [1.165, 1.54) is 6.20 Å². The Kier molecular flexibility index (Phi) is 5.00. The molecule has 0 saturated heterocycles. The van der Waals surface area contributed by atoms with Crippen molar-refractivity contribution in [3.05, 3.63) is 51.5 Å². The summed E-state index contributed by atoms with van der Waals surface area (Å²) in [6.07, 6.45) is -2.15. The Morgan fingerprint density at radius 2 is 1.90 bits per heavy atom. The largest absolute Gasteiger partial charge is 0.443 e. The van der Waals surface area contributed by atoms with Crippen LogP contribution in [0.5, 0.6) is 0 Å². The van der Waals surface area contributed by atoms with E-state index in [1.807, 2.05) is 38.1 Å². The molecule has 1 heterocycles. The summed E-state index contributed by atoms with van der Waals surface area (Å²) in [5.74, 6) is 0. The normalized spacial score (nSPS) is 13.4. The number of halogens is 3. The van der Waals surface area contributed by atoms with Crippen LogP contribution in [0, 0.1) is 6.92 Å². The van der Waals surface area contributed by atoms with Crippen LogP contribution in [0.2, 0.25) is 0 Å². The van der Waals surface area contributed by atoms with Crippen LogP contribution in [0.15, 0.2) is 30.5 Å². The van der Waals surface area contributed by atoms with Gasteiger partial charge in [0.15, 0.2) is 5.01 Å². The molecule has 114 valence electrons.